The average molecular weight is 467 g/mol. The summed E-state index contributed by atoms with van der Waals surface area (Å²) in [6, 6.07) is 12.2. The Kier molecular flexibility index (Phi) is 5.24. The van der Waals surface area contributed by atoms with Crippen LogP contribution in [-0.2, 0) is 11.4 Å². The van der Waals surface area contributed by atoms with Gasteiger partial charge in [-0.05, 0) is 46.3 Å². The summed E-state index contributed by atoms with van der Waals surface area (Å²) in [6.07, 6.45) is 0. The predicted octanol–water partition coefficient (Wildman–Crippen LogP) is 4.86. The van der Waals surface area contributed by atoms with Crippen LogP contribution in [0.4, 0.5) is 5.69 Å². The third-order valence-electron chi connectivity index (χ3n) is 3.43. The van der Waals surface area contributed by atoms with Crippen molar-refractivity contribution in [2.45, 2.75) is 13.5 Å². The summed E-state index contributed by atoms with van der Waals surface area (Å²) in [6.45, 7) is 1.63. The van der Waals surface area contributed by atoms with Crippen molar-refractivity contribution in [3.05, 3.63) is 67.4 Å². The van der Waals surface area contributed by atoms with Gasteiger partial charge in [0.2, 0.25) is 5.91 Å². The Morgan fingerprint density at radius 1 is 1.16 bits per heavy atom. The highest BCUT2D eigenvalue weighted by atomic mass is 79.9. The molecular formula is C18H13Br2NO4. The number of halogens is 2. The predicted molar refractivity (Wildman–Crippen MR) is 103 cm³/mol. The van der Waals surface area contributed by atoms with Crippen LogP contribution in [0.1, 0.15) is 12.5 Å². The molecule has 0 spiro atoms. The zero-order valence-corrected chi connectivity index (χ0v) is 16.3. The second-order valence-corrected chi connectivity index (χ2v) is 7.12. The molecule has 0 aliphatic rings. The number of hydrogen-bond acceptors (Lipinski definition) is 4. The third kappa shape index (κ3) is 4.29. The fourth-order valence-corrected chi connectivity index (χ4v) is 3.54. The zero-order chi connectivity index (χ0) is 18.0. The summed E-state index contributed by atoms with van der Waals surface area (Å²) in [5.41, 5.74) is 1.19. The van der Waals surface area contributed by atoms with E-state index in [1.54, 1.807) is 18.2 Å². The maximum Gasteiger partial charge on any atom is 0.336 e. The number of nitrogens with one attached hydrogen (secondary N) is 1. The van der Waals surface area contributed by atoms with Gasteiger partial charge in [0.1, 0.15) is 17.9 Å². The van der Waals surface area contributed by atoms with E-state index in [9.17, 15) is 9.59 Å². The lowest BCUT2D eigenvalue weighted by Crippen LogP contribution is -2.07. The van der Waals surface area contributed by atoms with E-state index in [0.717, 1.165) is 14.3 Å². The number of fused-ring (bicyclic) bond motifs is 1. The van der Waals surface area contributed by atoms with Crippen LogP contribution < -0.4 is 15.7 Å². The highest BCUT2D eigenvalue weighted by Gasteiger charge is 2.09. The minimum atomic E-state index is -0.471. The molecule has 0 radical (unpaired) electrons. The van der Waals surface area contributed by atoms with Crippen LogP contribution in [0.3, 0.4) is 0 Å². The molecule has 3 rings (SSSR count). The first kappa shape index (κ1) is 17.7. The summed E-state index contributed by atoms with van der Waals surface area (Å²) in [4.78, 5) is 23.0. The number of ether oxygens (including phenoxy) is 1. The number of anilines is 1. The van der Waals surface area contributed by atoms with E-state index in [-0.39, 0.29) is 12.5 Å². The monoisotopic (exact) mass is 465 g/mol. The number of carbonyl (C=O) groups is 1. The van der Waals surface area contributed by atoms with Crippen molar-refractivity contribution in [1.82, 2.24) is 0 Å². The molecule has 3 aromatic rings. The summed E-state index contributed by atoms with van der Waals surface area (Å²) in [5, 5.41) is 3.42. The van der Waals surface area contributed by atoms with Gasteiger partial charge in [0.25, 0.3) is 0 Å². The van der Waals surface area contributed by atoms with Gasteiger partial charge in [0.05, 0.1) is 4.47 Å². The molecule has 1 aromatic heterocycles. The minimum absolute atomic E-state index is 0.193. The molecule has 0 atom stereocenters. The molecular weight excluding hydrogens is 454 g/mol. The van der Waals surface area contributed by atoms with Crippen LogP contribution in [0.2, 0.25) is 0 Å². The quantitative estimate of drug-likeness (QED) is 0.557. The molecule has 128 valence electrons. The first-order valence-corrected chi connectivity index (χ1v) is 8.93. The first-order chi connectivity index (χ1) is 11.9. The van der Waals surface area contributed by atoms with Crippen molar-refractivity contribution in [2.24, 2.45) is 0 Å². The molecule has 0 unspecified atom stereocenters. The van der Waals surface area contributed by atoms with Gasteiger partial charge in [-0.1, -0.05) is 15.9 Å². The Labute approximate surface area is 160 Å². The van der Waals surface area contributed by atoms with Crippen LogP contribution in [0.15, 0.2) is 60.6 Å². The Bertz CT molecular complexity index is 1010. The van der Waals surface area contributed by atoms with Gasteiger partial charge in [-0.15, -0.1) is 0 Å². The van der Waals surface area contributed by atoms with Crippen molar-refractivity contribution in [1.29, 1.82) is 0 Å². The molecule has 7 heteroatoms. The van der Waals surface area contributed by atoms with Gasteiger partial charge >= 0.3 is 5.63 Å². The van der Waals surface area contributed by atoms with Gasteiger partial charge in [-0.25, -0.2) is 4.79 Å². The van der Waals surface area contributed by atoms with Gasteiger partial charge in [-0.2, -0.15) is 0 Å². The second kappa shape index (κ2) is 7.41. The Balaban J connectivity index is 1.92. The van der Waals surface area contributed by atoms with E-state index in [1.165, 1.54) is 13.0 Å². The molecule has 0 saturated heterocycles. The van der Waals surface area contributed by atoms with Crippen molar-refractivity contribution in [3.8, 4) is 5.75 Å². The summed E-state index contributed by atoms with van der Waals surface area (Å²) in [7, 11) is 0. The van der Waals surface area contributed by atoms with E-state index in [4.69, 9.17) is 9.15 Å². The standard InChI is InChI=1S/C18H13Br2NO4/c1-10(22)21-13-3-4-14-11(6-18(23)25-17(14)8-13)9-24-16-5-2-12(19)7-15(16)20/h2-8H,9H2,1H3,(H,21,22). The lowest BCUT2D eigenvalue weighted by Gasteiger charge is -2.11. The number of hydrogen-bond donors (Lipinski definition) is 1. The fourth-order valence-electron chi connectivity index (χ4n) is 2.38. The minimum Gasteiger partial charge on any atom is -0.488 e. The summed E-state index contributed by atoms with van der Waals surface area (Å²) >= 11 is 6.83. The molecule has 0 fully saturated rings. The Morgan fingerprint density at radius 2 is 1.96 bits per heavy atom. The van der Waals surface area contributed by atoms with E-state index in [2.05, 4.69) is 37.2 Å². The van der Waals surface area contributed by atoms with Crippen LogP contribution in [0.5, 0.6) is 5.75 Å². The van der Waals surface area contributed by atoms with Crippen molar-refractivity contribution < 1.29 is 13.9 Å². The maximum atomic E-state index is 11.8. The molecule has 1 N–H and O–H groups in total. The lowest BCUT2D eigenvalue weighted by molar-refractivity contribution is -0.114. The Morgan fingerprint density at radius 3 is 2.68 bits per heavy atom. The average Bonchev–Trinajstić information content (AvgIpc) is 2.52. The van der Waals surface area contributed by atoms with Gasteiger partial charge in [-0.3, -0.25) is 4.79 Å². The summed E-state index contributed by atoms with van der Waals surface area (Å²) in [5.74, 6) is 0.473. The molecule has 0 aliphatic carbocycles. The normalized spacial score (nSPS) is 10.7. The molecule has 0 saturated carbocycles. The van der Waals surface area contributed by atoms with E-state index in [1.807, 2.05) is 18.2 Å². The molecule has 1 heterocycles. The highest BCUT2D eigenvalue weighted by Crippen LogP contribution is 2.29. The van der Waals surface area contributed by atoms with Crippen LogP contribution in [0.25, 0.3) is 11.0 Å². The fraction of sp³-hybridized carbons (Fsp3) is 0.111. The molecule has 5 nitrogen and oxygen atoms in total. The second-order valence-electron chi connectivity index (χ2n) is 5.35. The largest absolute Gasteiger partial charge is 0.488 e. The zero-order valence-electron chi connectivity index (χ0n) is 13.1. The van der Waals surface area contributed by atoms with Gasteiger partial charge in [0, 0.05) is 40.2 Å². The van der Waals surface area contributed by atoms with Crippen molar-refractivity contribution in [3.63, 3.8) is 0 Å². The van der Waals surface area contributed by atoms with Crippen LogP contribution in [-0.4, -0.2) is 5.91 Å². The Hall–Kier alpha value is -2.12. The number of benzene rings is 2. The maximum absolute atomic E-state index is 11.8. The molecule has 25 heavy (non-hydrogen) atoms. The smallest absolute Gasteiger partial charge is 0.336 e. The lowest BCUT2D eigenvalue weighted by atomic mass is 10.1. The third-order valence-corrected chi connectivity index (χ3v) is 4.54. The number of amides is 1. The highest BCUT2D eigenvalue weighted by molar-refractivity contribution is 9.11. The SMILES string of the molecule is CC(=O)Nc1ccc2c(COc3ccc(Br)cc3Br)cc(=O)oc2c1. The molecule has 0 aliphatic heterocycles. The van der Waals surface area contributed by atoms with E-state index < -0.39 is 5.63 Å². The van der Waals surface area contributed by atoms with E-state index >= 15 is 0 Å². The molecule has 1 amide bonds. The first-order valence-electron chi connectivity index (χ1n) is 7.34. The number of carbonyl (C=O) groups excluding carboxylic acids is 1. The van der Waals surface area contributed by atoms with Crippen molar-refractivity contribution >= 4 is 54.4 Å². The topological polar surface area (TPSA) is 68.5 Å². The van der Waals surface area contributed by atoms with E-state index in [0.29, 0.717) is 22.6 Å². The van der Waals surface area contributed by atoms with Crippen LogP contribution >= 0.6 is 31.9 Å². The number of rotatable bonds is 4. The van der Waals surface area contributed by atoms with Crippen molar-refractivity contribution in [2.75, 3.05) is 5.32 Å². The molecule has 0 bridgehead atoms. The van der Waals surface area contributed by atoms with Crippen LogP contribution in [0, 0.1) is 0 Å². The summed E-state index contributed by atoms with van der Waals surface area (Å²) < 4.78 is 12.8. The molecule has 2 aromatic carbocycles. The van der Waals surface area contributed by atoms with Gasteiger partial charge < -0.3 is 14.5 Å². The van der Waals surface area contributed by atoms with Gasteiger partial charge in [0.15, 0.2) is 0 Å².